The van der Waals surface area contributed by atoms with Crippen LogP contribution in [0.15, 0.2) is 18.2 Å². The predicted molar refractivity (Wildman–Crippen MR) is 74.5 cm³/mol. The smallest absolute Gasteiger partial charge is 0.253 e. The molecule has 20 heavy (non-hydrogen) atoms. The molecular formula is C14H20N2O4. The molecule has 0 radical (unpaired) electrons. The van der Waals surface area contributed by atoms with Gasteiger partial charge in [0, 0.05) is 18.7 Å². The van der Waals surface area contributed by atoms with Crippen LogP contribution in [-0.4, -0.2) is 53.4 Å². The number of carbonyl (C=O) groups is 1. The zero-order valence-corrected chi connectivity index (χ0v) is 11.3. The summed E-state index contributed by atoms with van der Waals surface area (Å²) in [6.07, 6.45) is 1.62. The Bertz CT molecular complexity index is 470. The highest BCUT2D eigenvalue weighted by molar-refractivity contribution is 5.95. The molecule has 4 N–H and O–H groups in total. The highest BCUT2D eigenvalue weighted by atomic mass is 16.5. The molecule has 0 spiro atoms. The summed E-state index contributed by atoms with van der Waals surface area (Å²) in [6, 6.07) is 4.54. The summed E-state index contributed by atoms with van der Waals surface area (Å²) in [5, 5.41) is 18.3. The Hall–Kier alpha value is -1.79. The van der Waals surface area contributed by atoms with Crippen LogP contribution < -0.4 is 5.73 Å². The van der Waals surface area contributed by atoms with Crippen molar-refractivity contribution in [2.45, 2.75) is 18.9 Å². The Labute approximate surface area is 117 Å². The molecule has 110 valence electrons. The molecule has 1 heterocycles. The van der Waals surface area contributed by atoms with Crippen LogP contribution in [0.2, 0.25) is 0 Å². The molecule has 6 heteroatoms. The van der Waals surface area contributed by atoms with Crippen LogP contribution >= 0.6 is 0 Å². The number of piperidine rings is 1. The Morgan fingerprint density at radius 3 is 2.70 bits per heavy atom. The number of benzene rings is 1. The van der Waals surface area contributed by atoms with Gasteiger partial charge in [-0.1, -0.05) is 0 Å². The topological polar surface area (TPSA) is 96.0 Å². The maximum Gasteiger partial charge on any atom is 0.253 e. The number of aliphatic hydroxyl groups excluding tert-OH is 1. The lowest BCUT2D eigenvalue weighted by Gasteiger charge is -2.32. The molecule has 0 bridgehead atoms. The highest BCUT2D eigenvalue weighted by Gasteiger charge is 2.24. The first-order chi connectivity index (χ1) is 9.61. The van der Waals surface area contributed by atoms with E-state index in [1.165, 1.54) is 12.1 Å². The average Bonchev–Trinajstić information content (AvgIpc) is 2.48. The largest absolute Gasteiger partial charge is 0.506 e. The number of nitrogens with zero attached hydrogens (tertiary/aromatic N) is 1. The van der Waals surface area contributed by atoms with E-state index in [0.717, 1.165) is 12.8 Å². The summed E-state index contributed by atoms with van der Waals surface area (Å²) in [6.45, 7) is 1.58. The van der Waals surface area contributed by atoms with Crippen LogP contribution in [0.3, 0.4) is 0 Å². The van der Waals surface area contributed by atoms with Crippen LogP contribution in [0.25, 0.3) is 0 Å². The van der Waals surface area contributed by atoms with Gasteiger partial charge in [-0.05, 0) is 31.0 Å². The summed E-state index contributed by atoms with van der Waals surface area (Å²) < 4.78 is 5.46. The van der Waals surface area contributed by atoms with Crippen LogP contribution in [-0.2, 0) is 4.74 Å². The molecule has 2 rings (SSSR count). The quantitative estimate of drug-likeness (QED) is 0.554. The van der Waals surface area contributed by atoms with E-state index >= 15 is 0 Å². The van der Waals surface area contributed by atoms with Gasteiger partial charge in [0.15, 0.2) is 0 Å². The Balaban J connectivity index is 1.92. The summed E-state index contributed by atoms with van der Waals surface area (Å²) in [4.78, 5) is 14.0. The van der Waals surface area contributed by atoms with E-state index in [4.69, 9.17) is 15.6 Å². The number of ether oxygens (including phenoxy) is 1. The number of carbonyl (C=O) groups excluding carboxylic acids is 1. The molecular weight excluding hydrogens is 260 g/mol. The first kappa shape index (κ1) is 14.6. The molecule has 1 aromatic rings. The number of hydrogen-bond donors (Lipinski definition) is 3. The van der Waals surface area contributed by atoms with Gasteiger partial charge in [-0.15, -0.1) is 0 Å². The monoisotopic (exact) mass is 280 g/mol. The first-order valence-corrected chi connectivity index (χ1v) is 6.72. The second-order valence-corrected chi connectivity index (χ2v) is 4.86. The predicted octanol–water partition coefficient (Wildman–Crippen LogP) is 0.588. The molecule has 1 aliphatic rings. The van der Waals surface area contributed by atoms with Crippen molar-refractivity contribution in [1.82, 2.24) is 4.90 Å². The van der Waals surface area contributed by atoms with E-state index < -0.39 is 0 Å². The average molecular weight is 280 g/mol. The van der Waals surface area contributed by atoms with Crippen molar-refractivity contribution in [2.24, 2.45) is 0 Å². The molecule has 1 amide bonds. The fourth-order valence-corrected chi connectivity index (χ4v) is 2.30. The van der Waals surface area contributed by atoms with E-state index in [1.54, 1.807) is 11.0 Å². The number of likely N-dealkylation sites (tertiary alicyclic amines) is 1. The molecule has 1 saturated heterocycles. The number of nitrogens with two attached hydrogens (primary N) is 1. The van der Waals surface area contributed by atoms with E-state index in [9.17, 15) is 9.90 Å². The lowest BCUT2D eigenvalue weighted by molar-refractivity contribution is -0.00554. The molecule has 0 aromatic heterocycles. The molecule has 1 fully saturated rings. The standard InChI is InChI=1S/C14H20N2O4/c15-12-2-1-10(9-13(12)18)14(19)16-5-3-11(4-6-16)20-8-7-17/h1-2,9,11,17-18H,3-8,15H2. The van der Waals surface area contributed by atoms with Crippen LogP contribution in [0.5, 0.6) is 5.75 Å². The van der Waals surface area contributed by atoms with Gasteiger partial charge in [-0.2, -0.15) is 0 Å². The Morgan fingerprint density at radius 2 is 2.10 bits per heavy atom. The highest BCUT2D eigenvalue weighted by Crippen LogP contribution is 2.23. The number of hydrogen-bond acceptors (Lipinski definition) is 5. The van der Waals surface area contributed by atoms with Gasteiger partial charge in [0.1, 0.15) is 5.75 Å². The van der Waals surface area contributed by atoms with Crippen molar-refractivity contribution in [1.29, 1.82) is 0 Å². The van der Waals surface area contributed by atoms with E-state index in [2.05, 4.69) is 0 Å². The van der Waals surface area contributed by atoms with E-state index in [1.807, 2.05) is 0 Å². The molecule has 0 atom stereocenters. The van der Waals surface area contributed by atoms with Crippen molar-refractivity contribution in [3.63, 3.8) is 0 Å². The van der Waals surface area contributed by atoms with Crippen molar-refractivity contribution >= 4 is 11.6 Å². The zero-order valence-electron chi connectivity index (χ0n) is 11.3. The number of phenols is 1. The van der Waals surface area contributed by atoms with Gasteiger partial charge in [-0.25, -0.2) is 0 Å². The normalized spacial score (nSPS) is 16.4. The van der Waals surface area contributed by atoms with Crippen LogP contribution in [0, 0.1) is 0 Å². The Kier molecular flexibility index (Phi) is 4.81. The number of aliphatic hydroxyl groups is 1. The van der Waals surface area contributed by atoms with Crippen molar-refractivity contribution in [3.8, 4) is 5.75 Å². The number of phenolic OH excluding ortho intramolecular Hbond substituents is 1. The van der Waals surface area contributed by atoms with Gasteiger partial charge >= 0.3 is 0 Å². The second-order valence-electron chi connectivity index (χ2n) is 4.86. The minimum atomic E-state index is -0.110. The van der Waals surface area contributed by atoms with Crippen LogP contribution in [0.4, 0.5) is 5.69 Å². The number of nitrogen functional groups attached to an aromatic ring is 1. The fourth-order valence-electron chi connectivity index (χ4n) is 2.30. The Morgan fingerprint density at radius 1 is 1.40 bits per heavy atom. The van der Waals surface area contributed by atoms with E-state index in [0.29, 0.717) is 25.3 Å². The van der Waals surface area contributed by atoms with Crippen LogP contribution in [0.1, 0.15) is 23.2 Å². The molecule has 0 saturated carbocycles. The maximum atomic E-state index is 12.3. The minimum absolute atomic E-state index is 0.0177. The summed E-state index contributed by atoms with van der Waals surface area (Å²) in [5.41, 5.74) is 6.22. The molecule has 6 nitrogen and oxygen atoms in total. The van der Waals surface area contributed by atoms with Gasteiger partial charge in [0.05, 0.1) is 25.0 Å². The van der Waals surface area contributed by atoms with Gasteiger partial charge in [0.2, 0.25) is 0 Å². The number of rotatable bonds is 4. The SMILES string of the molecule is Nc1ccc(C(=O)N2CCC(OCCO)CC2)cc1O. The lowest BCUT2D eigenvalue weighted by Crippen LogP contribution is -2.41. The molecule has 1 aliphatic heterocycles. The third-order valence-electron chi connectivity index (χ3n) is 3.45. The summed E-state index contributed by atoms with van der Waals surface area (Å²) in [7, 11) is 0. The van der Waals surface area contributed by atoms with E-state index in [-0.39, 0.29) is 30.1 Å². The van der Waals surface area contributed by atoms with Crippen molar-refractivity contribution in [3.05, 3.63) is 23.8 Å². The minimum Gasteiger partial charge on any atom is -0.506 e. The maximum absolute atomic E-state index is 12.3. The second kappa shape index (κ2) is 6.58. The number of aromatic hydroxyl groups is 1. The van der Waals surface area contributed by atoms with Gasteiger partial charge < -0.3 is 25.6 Å². The third kappa shape index (κ3) is 3.40. The third-order valence-corrected chi connectivity index (χ3v) is 3.45. The molecule has 0 aliphatic carbocycles. The summed E-state index contributed by atoms with van der Waals surface area (Å²) >= 11 is 0. The number of amides is 1. The lowest BCUT2D eigenvalue weighted by atomic mass is 10.1. The van der Waals surface area contributed by atoms with Gasteiger partial charge in [0.25, 0.3) is 5.91 Å². The number of anilines is 1. The molecule has 1 aromatic carbocycles. The first-order valence-electron chi connectivity index (χ1n) is 6.72. The molecule has 0 unspecified atom stereocenters. The van der Waals surface area contributed by atoms with Crippen molar-refractivity contribution in [2.75, 3.05) is 32.0 Å². The van der Waals surface area contributed by atoms with Crippen molar-refractivity contribution < 1.29 is 19.7 Å². The summed E-state index contributed by atoms with van der Waals surface area (Å²) in [5.74, 6) is -0.182. The zero-order chi connectivity index (χ0) is 14.5. The van der Waals surface area contributed by atoms with Gasteiger partial charge in [-0.3, -0.25) is 4.79 Å². The fraction of sp³-hybridized carbons (Fsp3) is 0.500.